The first kappa shape index (κ1) is 16.6. The molecule has 0 saturated carbocycles. The third kappa shape index (κ3) is 4.19. The van der Waals surface area contributed by atoms with Gasteiger partial charge in [-0.15, -0.1) is 0 Å². The van der Waals surface area contributed by atoms with Crippen molar-refractivity contribution < 1.29 is 18.6 Å². The van der Waals surface area contributed by atoms with Gasteiger partial charge in [0.05, 0.1) is 13.2 Å². The van der Waals surface area contributed by atoms with Crippen LogP contribution in [-0.4, -0.2) is 35.9 Å². The highest BCUT2D eigenvalue weighted by molar-refractivity contribution is 5.61. The van der Waals surface area contributed by atoms with Gasteiger partial charge in [0.15, 0.2) is 18.5 Å². The van der Waals surface area contributed by atoms with E-state index in [4.69, 9.17) is 9.47 Å². The number of alkyl halides is 1. The molecule has 1 aliphatic rings. The average molecular weight is 329 g/mol. The fraction of sp³-hybridized carbons (Fsp3) is 0.316. The van der Waals surface area contributed by atoms with Gasteiger partial charge in [-0.3, -0.25) is 0 Å². The molecular formula is C19H20FNO3. The number of rotatable bonds is 7. The van der Waals surface area contributed by atoms with Crippen molar-refractivity contribution >= 4 is 6.21 Å². The Bertz CT molecular complexity index is 663. The molecule has 0 unspecified atom stereocenters. The van der Waals surface area contributed by atoms with Crippen LogP contribution < -0.4 is 0 Å². The maximum Gasteiger partial charge on any atom is 0.220 e. The van der Waals surface area contributed by atoms with Gasteiger partial charge in [0.1, 0.15) is 6.61 Å². The molecule has 3 atom stereocenters. The van der Waals surface area contributed by atoms with E-state index in [9.17, 15) is 9.60 Å². The van der Waals surface area contributed by atoms with Crippen LogP contribution in [0.1, 0.15) is 11.1 Å². The van der Waals surface area contributed by atoms with Gasteiger partial charge >= 0.3 is 0 Å². The molecule has 24 heavy (non-hydrogen) atoms. The lowest BCUT2D eigenvalue weighted by molar-refractivity contribution is -0.499. The maximum atomic E-state index is 14.5. The Kier molecular flexibility index (Phi) is 5.56. The minimum atomic E-state index is -1.40. The summed E-state index contributed by atoms with van der Waals surface area (Å²) in [7, 11) is 0. The van der Waals surface area contributed by atoms with Crippen molar-refractivity contribution in [1.29, 1.82) is 0 Å². The van der Waals surface area contributed by atoms with Crippen molar-refractivity contribution in [3.8, 4) is 0 Å². The van der Waals surface area contributed by atoms with Crippen LogP contribution >= 0.6 is 0 Å². The first-order chi connectivity index (χ1) is 11.7. The van der Waals surface area contributed by atoms with Gasteiger partial charge in [-0.2, -0.15) is 0 Å². The van der Waals surface area contributed by atoms with Crippen molar-refractivity contribution in [2.75, 3.05) is 6.61 Å². The fourth-order valence-electron chi connectivity index (χ4n) is 2.64. The highest BCUT2D eigenvalue weighted by Crippen LogP contribution is 2.19. The molecule has 0 aliphatic carbocycles. The minimum absolute atomic E-state index is 0.0290. The molecule has 0 aromatic heterocycles. The number of nitrogens with zero attached hydrogens (tertiary/aromatic N) is 1. The van der Waals surface area contributed by atoms with Gasteiger partial charge in [-0.1, -0.05) is 60.7 Å². The summed E-state index contributed by atoms with van der Waals surface area (Å²) in [5.41, 5.74) is 1.93. The average Bonchev–Trinajstić information content (AvgIpc) is 2.89. The summed E-state index contributed by atoms with van der Waals surface area (Å²) in [6.07, 6.45) is -0.987. The molecule has 0 N–H and O–H groups in total. The minimum Gasteiger partial charge on any atom is -0.624 e. The highest BCUT2D eigenvalue weighted by atomic mass is 19.1. The first-order valence-corrected chi connectivity index (χ1v) is 7.96. The summed E-state index contributed by atoms with van der Waals surface area (Å²) in [6, 6.07) is 18.2. The number of ether oxygens (including phenoxy) is 2. The van der Waals surface area contributed by atoms with Gasteiger partial charge in [0.2, 0.25) is 6.04 Å². The Labute approximate surface area is 140 Å². The molecule has 126 valence electrons. The zero-order chi connectivity index (χ0) is 16.8. The fourth-order valence-corrected chi connectivity index (χ4v) is 2.64. The Morgan fingerprint density at radius 1 is 0.917 bits per heavy atom. The SMILES string of the molecule is [O-][N+]1=C[C@H](OCc2ccccc2)[C@@H](F)[C@@H]1COCc1ccccc1. The molecule has 5 heteroatoms. The van der Waals surface area contributed by atoms with Crippen molar-refractivity contribution in [2.45, 2.75) is 31.5 Å². The van der Waals surface area contributed by atoms with E-state index in [1.54, 1.807) is 0 Å². The first-order valence-electron chi connectivity index (χ1n) is 7.96. The molecule has 1 heterocycles. The monoisotopic (exact) mass is 329 g/mol. The molecule has 2 aromatic rings. The van der Waals surface area contributed by atoms with E-state index in [0.29, 0.717) is 11.3 Å². The van der Waals surface area contributed by atoms with Crippen LogP contribution in [0.25, 0.3) is 0 Å². The molecule has 0 fully saturated rings. The normalized spacial score (nSPS) is 23.2. The number of hydroxylamine groups is 1. The van der Waals surface area contributed by atoms with Gasteiger partial charge in [0, 0.05) is 0 Å². The molecule has 0 saturated heterocycles. The second kappa shape index (κ2) is 8.04. The third-order valence-corrected chi connectivity index (χ3v) is 3.99. The summed E-state index contributed by atoms with van der Waals surface area (Å²) in [6.45, 7) is 0.655. The summed E-state index contributed by atoms with van der Waals surface area (Å²) >= 11 is 0. The second-order valence-corrected chi connectivity index (χ2v) is 5.78. The number of halogens is 1. The molecule has 0 amide bonds. The number of hydrogen-bond acceptors (Lipinski definition) is 3. The van der Waals surface area contributed by atoms with Gasteiger partial charge in [-0.05, 0) is 11.1 Å². The van der Waals surface area contributed by atoms with Crippen LogP contribution in [0.15, 0.2) is 60.7 Å². The molecule has 2 aromatic carbocycles. The molecule has 0 spiro atoms. The zero-order valence-corrected chi connectivity index (χ0v) is 13.3. The van der Waals surface area contributed by atoms with E-state index in [2.05, 4.69) is 0 Å². The van der Waals surface area contributed by atoms with Gasteiger partial charge in [0.25, 0.3) is 0 Å². The van der Waals surface area contributed by atoms with Crippen molar-refractivity contribution in [3.63, 3.8) is 0 Å². The van der Waals surface area contributed by atoms with E-state index >= 15 is 0 Å². The summed E-state index contributed by atoms with van der Waals surface area (Å²) < 4.78 is 26.1. The predicted molar refractivity (Wildman–Crippen MR) is 89.5 cm³/mol. The van der Waals surface area contributed by atoms with Crippen LogP contribution in [0, 0.1) is 5.21 Å². The Morgan fingerprint density at radius 3 is 2.12 bits per heavy atom. The molecule has 0 radical (unpaired) electrons. The topological polar surface area (TPSA) is 44.5 Å². The van der Waals surface area contributed by atoms with E-state index in [0.717, 1.165) is 11.1 Å². The summed E-state index contributed by atoms with van der Waals surface area (Å²) in [4.78, 5) is 0. The Balaban J connectivity index is 1.48. The Morgan fingerprint density at radius 2 is 1.50 bits per heavy atom. The Hall–Kier alpha value is -2.24. The third-order valence-electron chi connectivity index (χ3n) is 3.99. The molecule has 4 nitrogen and oxygen atoms in total. The number of benzene rings is 2. The quantitative estimate of drug-likeness (QED) is 0.579. The molecule has 3 rings (SSSR count). The van der Waals surface area contributed by atoms with Gasteiger partial charge in [-0.25, -0.2) is 9.13 Å². The zero-order valence-electron chi connectivity index (χ0n) is 13.3. The summed E-state index contributed by atoms with van der Waals surface area (Å²) in [5.74, 6) is 0. The van der Waals surface area contributed by atoms with Crippen molar-refractivity contribution in [1.82, 2.24) is 0 Å². The second-order valence-electron chi connectivity index (χ2n) is 5.78. The largest absolute Gasteiger partial charge is 0.624 e. The lowest BCUT2D eigenvalue weighted by Crippen LogP contribution is -2.35. The lowest BCUT2D eigenvalue weighted by Gasteiger charge is -2.16. The van der Waals surface area contributed by atoms with E-state index in [-0.39, 0.29) is 13.2 Å². The summed E-state index contributed by atoms with van der Waals surface area (Å²) in [5, 5.41) is 11.9. The smallest absolute Gasteiger partial charge is 0.220 e. The van der Waals surface area contributed by atoms with Gasteiger partial charge < -0.3 is 14.7 Å². The van der Waals surface area contributed by atoms with Crippen LogP contribution in [0.3, 0.4) is 0 Å². The van der Waals surface area contributed by atoms with E-state index < -0.39 is 18.3 Å². The molecule has 1 aliphatic heterocycles. The van der Waals surface area contributed by atoms with Crippen molar-refractivity contribution in [2.24, 2.45) is 0 Å². The molecule has 0 bridgehead atoms. The predicted octanol–water partition coefficient (Wildman–Crippen LogP) is 3.09. The van der Waals surface area contributed by atoms with Crippen LogP contribution in [0.2, 0.25) is 0 Å². The highest BCUT2D eigenvalue weighted by Gasteiger charge is 2.43. The number of hydrogen-bond donors (Lipinski definition) is 0. The van der Waals surface area contributed by atoms with Crippen molar-refractivity contribution in [3.05, 3.63) is 77.0 Å². The maximum absolute atomic E-state index is 14.5. The van der Waals surface area contributed by atoms with Crippen LogP contribution in [0.4, 0.5) is 4.39 Å². The van der Waals surface area contributed by atoms with E-state index in [1.165, 1.54) is 6.21 Å². The lowest BCUT2D eigenvalue weighted by atomic mass is 10.1. The molecular weight excluding hydrogens is 309 g/mol. The van der Waals surface area contributed by atoms with E-state index in [1.807, 2.05) is 60.7 Å². The van der Waals surface area contributed by atoms with Crippen LogP contribution in [0.5, 0.6) is 0 Å². The standard InChI is InChI=1S/C19H20FNO3/c20-19-17(14-23-12-15-7-3-1-4-8-15)21(22)11-18(19)24-13-16-9-5-2-6-10-16/h1-11,17-19H,12-14H2/t17-,18-,19-/m0/s1. The van der Waals surface area contributed by atoms with Crippen LogP contribution in [-0.2, 0) is 22.7 Å².